The number of halogens is 3. The number of amides is 2. The molecule has 0 saturated carbocycles. The van der Waals surface area contributed by atoms with Gasteiger partial charge in [-0.15, -0.1) is 16.4 Å². The number of likely N-dealkylation sites (tertiary alicyclic amines) is 1. The molecule has 0 unspecified atom stereocenters. The third-order valence-electron chi connectivity index (χ3n) is 5.20. The Labute approximate surface area is 184 Å². The molecule has 0 radical (unpaired) electrons. The first-order valence-electron chi connectivity index (χ1n) is 9.51. The number of carbonyl (C=O) groups is 2. The van der Waals surface area contributed by atoms with E-state index in [4.69, 9.17) is 10.5 Å². The number of rotatable bonds is 3. The van der Waals surface area contributed by atoms with Gasteiger partial charge < -0.3 is 20.7 Å². The fraction of sp³-hybridized carbons (Fsp3) is 0.300. The van der Waals surface area contributed by atoms with Gasteiger partial charge in [0.05, 0.1) is 23.0 Å². The highest BCUT2D eigenvalue weighted by atomic mass is 32.1. The second kappa shape index (κ2) is 7.93. The molecule has 3 aromatic rings. The minimum Gasteiger partial charge on any atom is -0.410 e. The number of thiophene rings is 1. The number of nitrogens with two attached hydrogens (primary N) is 1. The molecular formula is C20H18F3N5O3S. The van der Waals surface area contributed by atoms with Crippen molar-refractivity contribution >= 4 is 39.2 Å². The molecule has 32 heavy (non-hydrogen) atoms. The molecule has 8 nitrogen and oxygen atoms in total. The van der Waals surface area contributed by atoms with Crippen molar-refractivity contribution in [3.05, 3.63) is 46.0 Å². The normalized spacial score (nSPS) is 14.3. The minimum atomic E-state index is -4.46. The van der Waals surface area contributed by atoms with Crippen LogP contribution in [0.25, 0.3) is 10.2 Å². The summed E-state index contributed by atoms with van der Waals surface area (Å²) < 4.78 is 42.9. The van der Waals surface area contributed by atoms with E-state index in [0.29, 0.717) is 20.8 Å². The van der Waals surface area contributed by atoms with Crippen molar-refractivity contribution in [3.8, 4) is 5.75 Å². The van der Waals surface area contributed by atoms with Crippen LogP contribution in [-0.2, 0) is 6.18 Å². The largest absolute Gasteiger partial charge is 0.416 e. The lowest BCUT2D eigenvalue weighted by molar-refractivity contribution is -0.137. The highest BCUT2D eigenvalue weighted by Gasteiger charge is 2.34. The zero-order valence-corrected chi connectivity index (χ0v) is 17.8. The Morgan fingerprint density at radius 2 is 1.84 bits per heavy atom. The minimum absolute atomic E-state index is 0.000285. The monoisotopic (exact) mass is 465 g/mol. The van der Waals surface area contributed by atoms with E-state index in [1.54, 1.807) is 0 Å². The first kappa shape index (κ1) is 21.8. The van der Waals surface area contributed by atoms with Crippen LogP contribution in [0.2, 0.25) is 0 Å². The average Bonchev–Trinajstić information content (AvgIpc) is 3.04. The van der Waals surface area contributed by atoms with E-state index >= 15 is 0 Å². The lowest BCUT2D eigenvalue weighted by Gasteiger charge is -2.38. The van der Waals surface area contributed by atoms with E-state index in [1.165, 1.54) is 4.90 Å². The molecule has 4 rings (SSSR count). The first-order chi connectivity index (χ1) is 15.0. The predicted molar refractivity (Wildman–Crippen MR) is 112 cm³/mol. The topological polar surface area (TPSA) is 110 Å². The molecule has 3 N–H and O–H groups in total. The molecule has 0 bridgehead atoms. The molecule has 0 aliphatic carbocycles. The van der Waals surface area contributed by atoms with Crippen molar-refractivity contribution in [1.82, 2.24) is 20.4 Å². The molecule has 12 heteroatoms. The molecule has 1 aliphatic rings. The maximum absolute atomic E-state index is 12.7. The van der Waals surface area contributed by atoms with Crippen LogP contribution >= 0.6 is 11.3 Å². The van der Waals surface area contributed by atoms with E-state index in [9.17, 15) is 22.8 Å². The van der Waals surface area contributed by atoms with Crippen LogP contribution in [0.4, 0.5) is 23.7 Å². The summed E-state index contributed by atoms with van der Waals surface area (Å²) in [7, 11) is 0. The number of nitrogens with one attached hydrogen (secondary N) is 1. The smallest absolute Gasteiger partial charge is 0.410 e. The van der Waals surface area contributed by atoms with Crippen molar-refractivity contribution in [2.75, 3.05) is 18.8 Å². The van der Waals surface area contributed by atoms with Gasteiger partial charge in [-0.25, -0.2) is 4.79 Å². The van der Waals surface area contributed by atoms with E-state index in [2.05, 4.69) is 15.5 Å². The molecule has 1 aromatic carbocycles. The van der Waals surface area contributed by atoms with Crippen LogP contribution in [-0.4, -0.2) is 46.2 Å². The van der Waals surface area contributed by atoms with E-state index in [-0.39, 0.29) is 30.8 Å². The number of alkyl halides is 3. The summed E-state index contributed by atoms with van der Waals surface area (Å²) in [5.41, 5.74) is 7.28. The van der Waals surface area contributed by atoms with Crippen molar-refractivity contribution in [3.63, 3.8) is 0 Å². The summed E-state index contributed by atoms with van der Waals surface area (Å²) >= 11 is 1.15. The molecule has 2 aromatic heterocycles. The SMILES string of the molecule is Cc1nnc2sc(C(=O)NC3CN(C(=O)Oc4ccc(C(F)(F)F)cc4)C3)c(N)c2c1C. The van der Waals surface area contributed by atoms with E-state index in [0.717, 1.165) is 46.9 Å². The zero-order chi connectivity index (χ0) is 23.2. The number of fused-ring (bicyclic) bond motifs is 1. The lowest BCUT2D eigenvalue weighted by atomic mass is 10.1. The van der Waals surface area contributed by atoms with Gasteiger partial charge in [-0.1, -0.05) is 0 Å². The van der Waals surface area contributed by atoms with Gasteiger partial charge in [-0.2, -0.15) is 18.3 Å². The van der Waals surface area contributed by atoms with E-state index in [1.807, 2.05) is 13.8 Å². The molecule has 3 heterocycles. The summed E-state index contributed by atoms with van der Waals surface area (Å²) in [5, 5.41) is 11.7. The van der Waals surface area contributed by atoms with Gasteiger partial charge in [0, 0.05) is 18.5 Å². The highest BCUT2D eigenvalue weighted by Crippen LogP contribution is 2.35. The number of hydrogen-bond donors (Lipinski definition) is 2. The maximum Gasteiger partial charge on any atom is 0.416 e. The fourth-order valence-electron chi connectivity index (χ4n) is 3.26. The van der Waals surface area contributed by atoms with Crippen LogP contribution in [0.5, 0.6) is 5.75 Å². The fourth-order valence-corrected chi connectivity index (χ4v) is 4.26. The lowest BCUT2D eigenvalue weighted by Crippen LogP contribution is -2.61. The maximum atomic E-state index is 12.7. The van der Waals surface area contributed by atoms with Gasteiger partial charge >= 0.3 is 12.3 Å². The van der Waals surface area contributed by atoms with Crippen molar-refractivity contribution in [2.45, 2.75) is 26.1 Å². The number of hydrogen-bond acceptors (Lipinski definition) is 7. The van der Waals surface area contributed by atoms with Gasteiger partial charge in [0.15, 0.2) is 0 Å². The summed E-state index contributed by atoms with van der Waals surface area (Å²) in [6, 6.07) is 3.53. The number of aromatic nitrogens is 2. The molecule has 1 fully saturated rings. The van der Waals surface area contributed by atoms with Crippen LogP contribution in [0, 0.1) is 13.8 Å². The predicted octanol–water partition coefficient (Wildman–Crippen LogP) is 3.52. The molecule has 0 atom stereocenters. The van der Waals surface area contributed by atoms with Crippen LogP contribution in [0.15, 0.2) is 24.3 Å². The van der Waals surface area contributed by atoms with Gasteiger partial charge in [-0.05, 0) is 43.7 Å². The van der Waals surface area contributed by atoms with E-state index < -0.39 is 17.8 Å². The highest BCUT2D eigenvalue weighted by molar-refractivity contribution is 7.21. The second-order valence-electron chi connectivity index (χ2n) is 7.40. The van der Waals surface area contributed by atoms with Crippen LogP contribution in [0.1, 0.15) is 26.5 Å². The summed E-state index contributed by atoms with van der Waals surface area (Å²) in [4.78, 5) is 27.0. The third-order valence-corrected chi connectivity index (χ3v) is 6.29. The number of benzene rings is 1. The molecule has 168 valence electrons. The van der Waals surface area contributed by atoms with Gasteiger partial charge in [-0.3, -0.25) is 4.79 Å². The summed E-state index contributed by atoms with van der Waals surface area (Å²) in [6.07, 6.45) is -5.18. The Morgan fingerprint density at radius 3 is 2.47 bits per heavy atom. The quantitative estimate of drug-likeness (QED) is 0.613. The molecule has 1 aliphatic heterocycles. The molecule has 1 saturated heterocycles. The molecule has 2 amide bonds. The number of nitrogen functional groups attached to an aromatic ring is 1. The van der Waals surface area contributed by atoms with Gasteiger partial charge in [0.2, 0.25) is 0 Å². The third kappa shape index (κ3) is 4.05. The Kier molecular flexibility index (Phi) is 5.41. The number of aryl methyl sites for hydroxylation is 2. The van der Waals surface area contributed by atoms with Gasteiger partial charge in [0.1, 0.15) is 15.5 Å². The van der Waals surface area contributed by atoms with Crippen molar-refractivity contribution in [1.29, 1.82) is 0 Å². The van der Waals surface area contributed by atoms with Gasteiger partial charge in [0.25, 0.3) is 5.91 Å². The Morgan fingerprint density at radius 1 is 1.19 bits per heavy atom. The Bertz CT molecular complexity index is 1200. The van der Waals surface area contributed by atoms with Crippen LogP contribution in [0.3, 0.4) is 0 Å². The Balaban J connectivity index is 1.34. The Hall–Kier alpha value is -3.41. The number of ether oxygens (including phenoxy) is 1. The summed E-state index contributed by atoms with van der Waals surface area (Å²) in [6.45, 7) is 4.08. The van der Waals surface area contributed by atoms with Crippen molar-refractivity contribution < 1.29 is 27.5 Å². The molecular weight excluding hydrogens is 447 g/mol. The van der Waals surface area contributed by atoms with Crippen LogP contribution < -0.4 is 15.8 Å². The zero-order valence-electron chi connectivity index (χ0n) is 17.0. The second-order valence-corrected chi connectivity index (χ2v) is 8.40. The number of anilines is 1. The average molecular weight is 465 g/mol. The standard InChI is InChI=1S/C20H18F3N5O3S/c1-9-10(2)26-27-18-14(9)15(24)16(32-18)17(29)25-12-7-28(8-12)19(30)31-13-5-3-11(4-6-13)20(21,22)23/h3-6,12H,7-8,24H2,1-2H3,(H,25,29). The summed E-state index contributed by atoms with van der Waals surface area (Å²) in [5.74, 6) is -0.372. The number of nitrogens with zero attached hydrogens (tertiary/aromatic N) is 3. The molecule has 0 spiro atoms. The first-order valence-corrected chi connectivity index (χ1v) is 10.3. The van der Waals surface area contributed by atoms with Crippen molar-refractivity contribution in [2.24, 2.45) is 0 Å². The number of carbonyl (C=O) groups excluding carboxylic acids is 2.